The van der Waals surface area contributed by atoms with Gasteiger partial charge in [0, 0.05) is 60.5 Å². The maximum Gasteiger partial charge on any atom is 0.495 e. The van der Waals surface area contributed by atoms with Gasteiger partial charge in [0.25, 0.3) is 0 Å². The van der Waals surface area contributed by atoms with E-state index in [0.717, 1.165) is 16.4 Å². The highest BCUT2D eigenvalue weighted by Crippen LogP contribution is 2.47. The minimum absolute atomic E-state index is 0.329. The molecule has 0 unspecified atom stereocenters. The molecule has 6 heterocycles. The highest BCUT2D eigenvalue weighted by Gasteiger charge is 2.54. The van der Waals surface area contributed by atoms with Gasteiger partial charge in [-0.15, -0.1) is 34.0 Å². The first-order valence-electron chi connectivity index (χ1n) is 37.6. The van der Waals surface area contributed by atoms with Crippen LogP contribution in [0.1, 0.15) is 83.1 Å². The van der Waals surface area contributed by atoms with Crippen molar-refractivity contribution in [1.82, 2.24) is 0 Å². The Balaban J connectivity index is 0.000000111. The van der Waals surface area contributed by atoms with Crippen LogP contribution in [0.2, 0.25) is 0 Å². The van der Waals surface area contributed by atoms with E-state index < -0.39 is 0 Å². The van der Waals surface area contributed by atoms with Crippen LogP contribution in [0.3, 0.4) is 0 Å². The first-order chi connectivity index (χ1) is 51.9. The molecule has 0 amide bonds. The Morgan fingerprint density at radius 3 is 1.01 bits per heavy atom. The van der Waals surface area contributed by atoms with Crippen molar-refractivity contribution in [2.75, 3.05) is 0 Å². The average molecular weight is 1460 g/mol. The summed E-state index contributed by atoms with van der Waals surface area (Å²) >= 11 is 5.61. The van der Waals surface area contributed by atoms with Gasteiger partial charge in [0.1, 0.15) is 0 Å². The van der Waals surface area contributed by atoms with Crippen LogP contribution in [-0.2, 0) is 27.9 Å². The Hall–Kier alpha value is -9.53. The zero-order valence-corrected chi connectivity index (χ0v) is 65.3. The molecule has 528 valence electrons. The highest BCUT2D eigenvalue weighted by molar-refractivity contribution is 7.27. The lowest BCUT2D eigenvalue weighted by Crippen LogP contribution is -2.41. The van der Waals surface area contributed by atoms with Crippen LogP contribution in [0.15, 0.2) is 273 Å². The van der Waals surface area contributed by atoms with Crippen LogP contribution in [-0.4, -0.2) is 55.0 Å². The topological polar surface area (TPSA) is 55.4 Å². The fraction of sp³-hybridized carbons (Fsp3) is 0.188. The van der Waals surface area contributed by atoms with Crippen molar-refractivity contribution in [3.63, 3.8) is 0 Å². The zero-order chi connectivity index (χ0) is 74.0. The van der Waals surface area contributed by atoms with Crippen LogP contribution in [0.25, 0.3) is 159 Å². The third kappa shape index (κ3) is 11.6. The van der Waals surface area contributed by atoms with Gasteiger partial charge < -0.3 is 27.9 Å². The first-order valence-corrected chi connectivity index (χ1v) is 40.1. The molecular formula is C96H81B3O6S3. The fourth-order valence-electron chi connectivity index (χ4n) is 16.1. The number of rotatable bonds is 6. The third-order valence-electron chi connectivity index (χ3n) is 24.3. The molecule has 21 rings (SSSR count). The molecule has 3 aliphatic rings. The number of thiophene rings is 3. The van der Waals surface area contributed by atoms with Gasteiger partial charge in [-0.2, -0.15) is 0 Å². The van der Waals surface area contributed by atoms with Gasteiger partial charge in [0.15, 0.2) is 0 Å². The second kappa shape index (κ2) is 25.5. The summed E-state index contributed by atoms with van der Waals surface area (Å²) in [5.74, 6) is 0. The molecule has 3 saturated heterocycles. The predicted octanol–water partition coefficient (Wildman–Crippen LogP) is 25.0. The molecule has 12 heteroatoms. The lowest BCUT2D eigenvalue weighted by molar-refractivity contribution is 0.00578. The number of hydrogen-bond acceptors (Lipinski definition) is 9. The molecule has 108 heavy (non-hydrogen) atoms. The molecule has 3 aromatic heterocycles. The van der Waals surface area contributed by atoms with Crippen LogP contribution in [0.5, 0.6) is 0 Å². The number of benzene rings is 15. The summed E-state index contributed by atoms with van der Waals surface area (Å²) < 4.78 is 45.9. The van der Waals surface area contributed by atoms with Crippen LogP contribution < -0.4 is 16.4 Å². The van der Waals surface area contributed by atoms with E-state index in [0.29, 0.717) is 0 Å². The largest absolute Gasteiger partial charge is 0.495 e. The fourth-order valence-corrected chi connectivity index (χ4v) is 19.4. The van der Waals surface area contributed by atoms with E-state index in [9.17, 15) is 0 Å². The summed E-state index contributed by atoms with van der Waals surface area (Å²) in [7, 11) is -1.07. The van der Waals surface area contributed by atoms with Crippen molar-refractivity contribution in [3.8, 4) is 33.4 Å². The smallest absolute Gasteiger partial charge is 0.399 e. The van der Waals surface area contributed by atoms with Crippen molar-refractivity contribution < 1.29 is 27.9 Å². The summed E-state index contributed by atoms with van der Waals surface area (Å²) in [6.07, 6.45) is 0. The van der Waals surface area contributed by atoms with Gasteiger partial charge in [-0.05, 0) is 258 Å². The molecule has 0 atom stereocenters. The van der Waals surface area contributed by atoms with Crippen LogP contribution in [0.4, 0.5) is 0 Å². The van der Waals surface area contributed by atoms with Crippen LogP contribution >= 0.6 is 34.0 Å². The maximum absolute atomic E-state index is 6.42. The summed E-state index contributed by atoms with van der Waals surface area (Å²) in [5, 5.41) is 23.2. The predicted molar refractivity (Wildman–Crippen MR) is 466 cm³/mol. The normalized spacial score (nSPS) is 17.1. The SMILES string of the molecule is CC1(C)OB(c2ccc(-c3ccc4sc5ccc6ccccc6c5c4c3)c3ccccc23)OC1(C)C.CC1(C)OB(c2ccc(-c3ccc4sc5ccc6ccccc6c5c4c3)cc2)OC1(C)C.CC1(C)OB(c2ccc3c(ccc4cc(-c5ccc6sc7ccc8ccccc8c7c6c5)ccc43)c2)OC1(C)C. The highest BCUT2D eigenvalue weighted by atomic mass is 32.1. The van der Waals surface area contributed by atoms with Crippen molar-refractivity contribution >= 4 is 197 Å². The van der Waals surface area contributed by atoms with Crippen molar-refractivity contribution in [2.24, 2.45) is 0 Å². The molecule has 0 aliphatic carbocycles. The maximum atomic E-state index is 6.42. The Labute approximate surface area is 643 Å². The van der Waals surface area contributed by atoms with Gasteiger partial charge in [-0.3, -0.25) is 0 Å². The first kappa shape index (κ1) is 69.0. The second-order valence-corrected chi connectivity index (χ2v) is 35.8. The number of hydrogen-bond donors (Lipinski definition) is 0. The third-order valence-corrected chi connectivity index (χ3v) is 27.8. The number of fused-ring (bicyclic) bond motifs is 19. The summed E-state index contributed by atoms with van der Waals surface area (Å²) in [6, 6.07) is 99.7. The zero-order valence-electron chi connectivity index (χ0n) is 62.9. The summed E-state index contributed by atoms with van der Waals surface area (Å²) in [5.41, 5.74) is 8.48. The Bertz CT molecular complexity index is 6660. The van der Waals surface area contributed by atoms with E-state index in [-0.39, 0.29) is 55.0 Å². The molecule has 0 N–H and O–H groups in total. The van der Waals surface area contributed by atoms with E-state index in [1.54, 1.807) is 0 Å². The van der Waals surface area contributed by atoms with Gasteiger partial charge >= 0.3 is 21.4 Å². The molecule has 0 bridgehead atoms. The molecule has 15 aromatic carbocycles. The minimum atomic E-state index is -0.386. The minimum Gasteiger partial charge on any atom is -0.399 e. The monoisotopic (exact) mass is 1460 g/mol. The molecule has 0 spiro atoms. The lowest BCUT2D eigenvalue weighted by Gasteiger charge is -2.32. The van der Waals surface area contributed by atoms with Crippen molar-refractivity contribution in [3.05, 3.63) is 273 Å². The van der Waals surface area contributed by atoms with Gasteiger partial charge in [-0.1, -0.05) is 212 Å². The standard InChI is InChI=1S/C36H29BO2S.C32H27BO2S.C28H25BO2S/c1-35(2)36(3,4)39-37(38-35)27-14-16-29-26(20-27)10-9-25-19-23(11-15-28(25)29)24-13-17-32-31(21-24)34-30-8-6-5-7-22(30)12-18-33(34)40-32;1-31(2)32(3,4)35-33(34-31)27-16-15-22(24-11-7-8-12-25(24)27)21-14-17-28-26(19-21)30-23-10-6-5-9-20(23)13-18-29(30)36-28;1-27(2)28(3,4)31-29(30-27)21-13-9-18(10-14-21)20-12-15-24-23(17-20)26-22-8-6-5-7-19(22)11-16-25(26)32-24/h5-21H,1-4H3;5-19H,1-4H3;5-17H,1-4H3. The van der Waals surface area contributed by atoms with Gasteiger partial charge in [-0.25, -0.2) is 0 Å². The molecular weight excluding hydrogens is 1380 g/mol. The quantitative estimate of drug-likeness (QED) is 0.122. The van der Waals surface area contributed by atoms with Gasteiger partial charge in [0.05, 0.1) is 33.6 Å². The summed E-state index contributed by atoms with van der Waals surface area (Å²) in [4.78, 5) is 0. The van der Waals surface area contributed by atoms with Crippen molar-refractivity contribution in [1.29, 1.82) is 0 Å². The Morgan fingerprint density at radius 2 is 0.537 bits per heavy atom. The molecule has 18 aromatic rings. The van der Waals surface area contributed by atoms with Gasteiger partial charge in [0.2, 0.25) is 0 Å². The second-order valence-electron chi connectivity index (χ2n) is 32.5. The average Bonchev–Trinajstić information content (AvgIpc) is 1.55. The van der Waals surface area contributed by atoms with E-state index in [4.69, 9.17) is 27.9 Å². The van der Waals surface area contributed by atoms with E-state index in [1.807, 2.05) is 34.0 Å². The summed E-state index contributed by atoms with van der Waals surface area (Å²) in [6.45, 7) is 25.2. The van der Waals surface area contributed by atoms with E-state index >= 15 is 0 Å². The lowest BCUT2D eigenvalue weighted by atomic mass is 9.75. The molecule has 3 fully saturated rings. The van der Waals surface area contributed by atoms with E-state index in [2.05, 4.69) is 356 Å². The molecule has 0 saturated carbocycles. The molecule has 0 radical (unpaired) electrons. The Morgan fingerprint density at radius 1 is 0.213 bits per heavy atom. The molecule has 3 aliphatic heterocycles. The van der Waals surface area contributed by atoms with Crippen molar-refractivity contribution in [2.45, 2.75) is 117 Å². The van der Waals surface area contributed by atoms with Crippen LogP contribution in [0, 0.1) is 0 Å². The molecule has 6 nitrogen and oxygen atoms in total. The van der Waals surface area contributed by atoms with E-state index in [1.165, 1.54) is 159 Å². The Kier molecular flexibility index (Phi) is 16.3.